The van der Waals surface area contributed by atoms with E-state index in [-0.39, 0.29) is 11.0 Å². The lowest BCUT2D eigenvalue weighted by molar-refractivity contribution is 0.488. The molecule has 0 saturated heterocycles. The normalized spacial score (nSPS) is 17.9. The van der Waals surface area contributed by atoms with Crippen LogP contribution in [0.25, 0.3) is 0 Å². The van der Waals surface area contributed by atoms with Crippen molar-refractivity contribution < 1.29 is 0 Å². The second kappa shape index (κ2) is 4.08. The molecule has 1 saturated carbocycles. The molecule has 1 aliphatic rings. The molecule has 0 amide bonds. The Labute approximate surface area is 97.3 Å². The van der Waals surface area contributed by atoms with E-state index in [1.165, 1.54) is 18.4 Å². The Hall–Kier alpha value is -1.05. The largest absolute Gasteiger partial charge is 0.312 e. The Bertz CT molecular complexity index is 419. The van der Waals surface area contributed by atoms with Crippen LogP contribution in [0.1, 0.15) is 58.1 Å². The molecule has 16 heavy (non-hydrogen) atoms. The molecule has 0 unspecified atom stereocenters. The van der Waals surface area contributed by atoms with E-state index in [9.17, 15) is 4.79 Å². The van der Waals surface area contributed by atoms with Gasteiger partial charge in [-0.1, -0.05) is 39.7 Å². The van der Waals surface area contributed by atoms with Gasteiger partial charge in [0.15, 0.2) is 0 Å². The minimum Gasteiger partial charge on any atom is -0.312 e. The summed E-state index contributed by atoms with van der Waals surface area (Å²) in [5.41, 5.74) is 1.52. The van der Waals surface area contributed by atoms with E-state index in [2.05, 4.69) is 27.0 Å². The van der Waals surface area contributed by atoms with E-state index >= 15 is 0 Å². The van der Waals surface area contributed by atoms with E-state index in [0.717, 1.165) is 12.8 Å². The van der Waals surface area contributed by atoms with Crippen molar-refractivity contribution in [1.29, 1.82) is 0 Å². The van der Waals surface area contributed by atoms with Gasteiger partial charge in [-0.25, -0.2) is 0 Å². The molecule has 1 aromatic rings. The highest BCUT2D eigenvalue weighted by atomic mass is 16.1. The fourth-order valence-corrected chi connectivity index (χ4v) is 2.42. The summed E-state index contributed by atoms with van der Waals surface area (Å²) >= 11 is 0. The smallest absolute Gasteiger partial charge is 0.250 e. The van der Waals surface area contributed by atoms with Crippen LogP contribution in [0, 0.1) is 0 Å². The molecule has 2 heteroatoms. The van der Waals surface area contributed by atoms with E-state index in [0.29, 0.717) is 6.04 Å². The van der Waals surface area contributed by atoms with Gasteiger partial charge >= 0.3 is 0 Å². The number of hydrogen-bond donors (Lipinski definition) is 0. The van der Waals surface area contributed by atoms with Crippen molar-refractivity contribution in [3.8, 4) is 0 Å². The molecule has 1 aromatic heterocycles. The predicted molar refractivity (Wildman–Crippen MR) is 66.9 cm³/mol. The summed E-state index contributed by atoms with van der Waals surface area (Å²) in [6.07, 6.45) is 6.91. The van der Waals surface area contributed by atoms with Crippen LogP contribution in [-0.2, 0) is 5.41 Å². The third-order valence-corrected chi connectivity index (χ3v) is 3.52. The second-order valence-electron chi connectivity index (χ2n) is 5.85. The third kappa shape index (κ3) is 2.21. The maximum atomic E-state index is 11.8. The van der Waals surface area contributed by atoms with E-state index in [1.54, 1.807) is 6.07 Å². The summed E-state index contributed by atoms with van der Waals surface area (Å²) in [6, 6.07) is 4.13. The number of rotatable bonds is 1. The van der Waals surface area contributed by atoms with E-state index in [4.69, 9.17) is 0 Å². The standard InChI is InChI=1S/C14H21NO/c1-14(2,3)11-8-9-13(16)15(10-11)12-6-4-5-7-12/h8-10,12H,4-7H2,1-3H3. The zero-order valence-electron chi connectivity index (χ0n) is 10.5. The average molecular weight is 219 g/mol. The third-order valence-electron chi connectivity index (χ3n) is 3.52. The summed E-state index contributed by atoms with van der Waals surface area (Å²) in [4.78, 5) is 11.8. The van der Waals surface area contributed by atoms with Crippen molar-refractivity contribution in [2.75, 3.05) is 0 Å². The van der Waals surface area contributed by atoms with Gasteiger partial charge in [0.05, 0.1) is 0 Å². The van der Waals surface area contributed by atoms with Crippen LogP contribution in [0.4, 0.5) is 0 Å². The van der Waals surface area contributed by atoms with Crippen molar-refractivity contribution in [2.24, 2.45) is 0 Å². The van der Waals surface area contributed by atoms with Crippen LogP contribution in [0.5, 0.6) is 0 Å². The van der Waals surface area contributed by atoms with Gasteiger partial charge < -0.3 is 4.57 Å². The fraction of sp³-hybridized carbons (Fsp3) is 0.643. The summed E-state index contributed by atoms with van der Waals surface area (Å²) < 4.78 is 1.95. The molecule has 0 spiro atoms. The van der Waals surface area contributed by atoms with E-state index < -0.39 is 0 Å². The molecule has 0 aromatic carbocycles. The van der Waals surface area contributed by atoms with Crippen molar-refractivity contribution in [1.82, 2.24) is 4.57 Å². The fourth-order valence-electron chi connectivity index (χ4n) is 2.42. The first-order chi connectivity index (χ1) is 7.48. The average Bonchev–Trinajstić information content (AvgIpc) is 2.69. The minimum atomic E-state index is 0.119. The number of pyridine rings is 1. The molecule has 0 bridgehead atoms. The SMILES string of the molecule is CC(C)(C)c1ccc(=O)n(C2CCCC2)c1. The lowest BCUT2D eigenvalue weighted by Gasteiger charge is -2.22. The topological polar surface area (TPSA) is 22.0 Å². The maximum Gasteiger partial charge on any atom is 0.250 e. The molecule has 0 radical (unpaired) electrons. The van der Waals surface area contributed by atoms with Gasteiger partial charge in [-0.3, -0.25) is 4.79 Å². The molecule has 2 rings (SSSR count). The second-order valence-corrected chi connectivity index (χ2v) is 5.85. The zero-order valence-corrected chi connectivity index (χ0v) is 10.5. The molecule has 0 atom stereocenters. The molecular formula is C14H21NO. The Kier molecular flexibility index (Phi) is 2.92. The summed E-state index contributed by atoms with van der Waals surface area (Å²) in [7, 11) is 0. The van der Waals surface area contributed by atoms with Crippen LogP contribution in [0.15, 0.2) is 23.1 Å². The lowest BCUT2D eigenvalue weighted by atomic mass is 9.88. The number of hydrogen-bond acceptors (Lipinski definition) is 1. The quantitative estimate of drug-likeness (QED) is 0.710. The number of aromatic nitrogens is 1. The van der Waals surface area contributed by atoms with Crippen LogP contribution >= 0.6 is 0 Å². The highest BCUT2D eigenvalue weighted by molar-refractivity contribution is 5.19. The molecule has 0 N–H and O–H groups in total. The molecule has 0 aliphatic heterocycles. The van der Waals surface area contributed by atoms with Gasteiger partial charge in [-0.05, 0) is 23.8 Å². The molecule has 1 fully saturated rings. The molecule has 2 nitrogen and oxygen atoms in total. The van der Waals surface area contributed by atoms with Crippen LogP contribution in [0.3, 0.4) is 0 Å². The van der Waals surface area contributed by atoms with E-state index in [1.807, 2.05) is 10.6 Å². The Morgan fingerprint density at radius 3 is 2.38 bits per heavy atom. The Balaban J connectivity index is 2.40. The van der Waals surface area contributed by atoms with Gasteiger partial charge in [0.1, 0.15) is 0 Å². The van der Waals surface area contributed by atoms with Crippen molar-refractivity contribution in [2.45, 2.75) is 57.9 Å². The highest BCUT2D eigenvalue weighted by Gasteiger charge is 2.20. The highest BCUT2D eigenvalue weighted by Crippen LogP contribution is 2.29. The Morgan fingerprint density at radius 1 is 1.19 bits per heavy atom. The van der Waals surface area contributed by atoms with Gasteiger partial charge in [0.25, 0.3) is 5.56 Å². The van der Waals surface area contributed by atoms with Gasteiger partial charge in [-0.15, -0.1) is 0 Å². The minimum absolute atomic E-state index is 0.119. The molecule has 88 valence electrons. The number of nitrogens with zero attached hydrogens (tertiary/aromatic N) is 1. The summed E-state index contributed by atoms with van der Waals surface area (Å²) in [5.74, 6) is 0. The van der Waals surface area contributed by atoms with Crippen LogP contribution < -0.4 is 5.56 Å². The first-order valence-electron chi connectivity index (χ1n) is 6.21. The van der Waals surface area contributed by atoms with Crippen LogP contribution in [0.2, 0.25) is 0 Å². The molecule has 1 aliphatic carbocycles. The maximum absolute atomic E-state index is 11.8. The first kappa shape index (κ1) is 11.4. The zero-order chi connectivity index (χ0) is 11.8. The van der Waals surface area contributed by atoms with Gasteiger partial charge in [0, 0.05) is 18.3 Å². The Morgan fingerprint density at radius 2 is 1.81 bits per heavy atom. The summed E-state index contributed by atoms with van der Waals surface area (Å²) in [6.45, 7) is 6.56. The predicted octanol–water partition coefficient (Wildman–Crippen LogP) is 3.26. The first-order valence-corrected chi connectivity index (χ1v) is 6.21. The lowest BCUT2D eigenvalue weighted by Crippen LogP contribution is -2.25. The molecular weight excluding hydrogens is 198 g/mol. The monoisotopic (exact) mass is 219 g/mol. The van der Waals surface area contributed by atoms with Crippen LogP contribution in [-0.4, -0.2) is 4.57 Å². The van der Waals surface area contributed by atoms with Crippen molar-refractivity contribution in [3.63, 3.8) is 0 Å². The molecule has 1 heterocycles. The summed E-state index contributed by atoms with van der Waals surface area (Å²) in [5, 5.41) is 0. The van der Waals surface area contributed by atoms with Gasteiger partial charge in [0.2, 0.25) is 0 Å². The van der Waals surface area contributed by atoms with Crippen molar-refractivity contribution >= 4 is 0 Å². The van der Waals surface area contributed by atoms with Gasteiger partial charge in [-0.2, -0.15) is 0 Å². The van der Waals surface area contributed by atoms with Crippen molar-refractivity contribution in [3.05, 3.63) is 34.2 Å².